The van der Waals surface area contributed by atoms with Crippen LogP contribution in [-0.2, 0) is 25.6 Å². The van der Waals surface area contributed by atoms with Gasteiger partial charge in [-0.3, -0.25) is 19.7 Å². The van der Waals surface area contributed by atoms with Crippen LogP contribution in [0.25, 0.3) is 0 Å². The van der Waals surface area contributed by atoms with E-state index in [2.05, 4.69) is 17.2 Å². The number of rotatable bonds is 5. The molecule has 2 aliphatic heterocycles. The highest BCUT2D eigenvalue weighted by Gasteiger charge is 2.39. The summed E-state index contributed by atoms with van der Waals surface area (Å²) in [4.78, 5) is 37.8. The second-order valence-corrected chi connectivity index (χ2v) is 6.24. The first-order valence-corrected chi connectivity index (χ1v) is 9.06. The Kier molecular flexibility index (Phi) is 5.89. The van der Waals surface area contributed by atoms with Gasteiger partial charge in [-0.25, -0.2) is 0 Å². The number of hydrogen-bond acceptors (Lipinski definition) is 5. The smallest absolute Gasteiger partial charge is 0.255 e. The van der Waals surface area contributed by atoms with E-state index in [0.717, 1.165) is 5.56 Å². The molecule has 0 spiro atoms. The molecule has 7 nitrogen and oxygen atoms in total. The molecule has 1 unspecified atom stereocenters. The molecule has 1 fully saturated rings. The highest BCUT2D eigenvalue weighted by Crippen LogP contribution is 2.29. The van der Waals surface area contributed by atoms with Gasteiger partial charge in [-0.1, -0.05) is 12.0 Å². The first-order valence-electron chi connectivity index (χ1n) is 9.06. The average molecular weight is 370 g/mol. The zero-order valence-electron chi connectivity index (χ0n) is 15.4. The fraction of sp³-hybridized carbons (Fsp3) is 0.450. The van der Waals surface area contributed by atoms with E-state index in [1.807, 2.05) is 19.9 Å². The van der Waals surface area contributed by atoms with E-state index in [0.29, 0.717) is 37.3 Å². The van der Waals surface area contributed by atoms with E-state index in [4.69, 9.17) is 9.47 Å². The summed E-state index contributed by atoms with van der Waals surface area (Å²) < 4.78 is 10.9. The largest absolute Gasteiger partial charge is 0.342 e. The average Bonchev–Trinajstić information content (AvgIpc) is 2.97. The molecule has 3 amide bonds. The number of carbonyl (C=O) groups is 3. The quantitative estimate of drug-likeness (QED) is 0.478. The number of benzene rings is 1. The van der Waals surface area contributed by atoms with Crippen LogP contribution in [0.4, 0.5) is 0 Å². The summed E-state index contributed by atoms with van der Waals surface area (Å²) >= 11 is 0. The van der Waals surface area contributed by atoms with E-state index in [1.54, 1.807) is 12.1 Å². The number of imide groups is 1. The maximum absolute atomic E-state index is 12.8. The Labute approximate surface area is 158 Å². The molecule has 0 aromatic heterocycles. The minimum atomic E-state index is -0.636. The third-order valence-corrected chi connectivity index (χ3v) is 4.54. The highest BCUT2D eigenvalue weighted by molar-refractivity contribution is 6.05. The Morgan fingerprint density at radius 2 is 1.96 bits per heavy atom. The number of nitrogens with zero attached hydrogens (tertiary/aromatic N) is 1. The lowest BCUT2D eigenvalue weighted by Gasteiger charge is -2.29. The zero-order valence-corrected chi connectivity index (χ0v) is 15.4. The fourth-order valence-corrected chi connectivity index (χ4v) is 3.27. The molecule has 0 radical (unpaired) electrons. The third kappa shape index (κ3) is 4.02. The van der Waals surface area contributed by atoms with Crippen molar-refractivity contribution in [1.82, 2.24) is 10.2 Å². The van der Waals surface area contributed by atoms with Crippen LogP contribution in [0.2, 0.25) is 0 Å². The molecule has 0 saturated carbocycles. The number of nitrogens with one attached hydrogen (secondary N) is 1. The van der Waals surface area contributed by atoms with Gasteiger partial charge in [-0.2, -0.15) is 0 Å². The number of piperidine rings is 1. The van der Waals surface area contributed by atoms with Gasteiger partial charge in [-0.15, -0.1) is 0 Å². The normalized spacial score (nSPS) is 19.0. The van der Waals surface area contributed by atoms with Crippen molar-refractivity contribution in [3.8, 4) is 11.8 Å². The van der Waals surface area contributed by atoms with Crippen LogP contribution in [-0.4, -0.2) is 48.2 Å². The van der Waals surface area contributed by atoms with Crippen molar-refractivity contribution < 1.29 is 23.9 Å². The molecular formula is C20H22N2O5. The summed E-state index contributed by atoms with van der Waals surface area (Å²) in [6, 6.07) is 4.70. The zero-order chi connectivity index (χ0) is 19.4. The molecule has 2 heterocycles. The molecule has 0 bridgehead atoms. The van der Waals surface area contributed by atoms with Gasteiger partial charge in [0.25, 0.3) is 5.91 Å². The van der Waals surface area contributed by atoms with Crippen molar-refractivity contribution >= 4 is 17.7 Å². The van der Waals surface area contributed by atoms with Crippen molar-refractivity contribution in [3.63, 3.8) is 0 Å². The Bertz CT molecular complexity index is 817. The van der Waals surface area contributed by atoms with Crippen LogP contribution in [0.3, 0.4) is 0 Å². The van der Waals surface area contributed by atoms with E-state index in [1.165, 1.54) is 4.90 Å². The SMILES string of the molecule is CCOC(C#Cc1cccc2c1CN(C1CCC(=O)NC1=O)C2=O)OCC. The lowest BCUT2D eigenvalue weighted by Crippen LogP contribution is -2.52. The maximum atomic E-state index is 12.8. The molecule has 2 aliphatic rings. The van der Waals surface area contributed by atoms with Crippen molar-refractivity contribution in [2.45, 2.75) is 45.6 Å². The molecule has 3 rings (SSSR count). The Balaban J connectivity index is 1.84. The van der Waals surface area contributed by atoms with Crippen LogP contribution >= 0.6 is 0 Å². The van der Waals surface area contributed by atoms with E-state index >= 15 is 0 Å². The maximum Gasteiger partial charge on any atom is 0.255 e. The monoisotopic (exact) mass is 370 g/mol. The van der Waals surface area contributed by atoms with Gasteiger partial charge in [0, 0.05) is 37.3 Å². The highest BCUT2D eigenvalue weighted by atomic mass is 16.7. The predicted molar refractivity (Wildman–Crippen MR) is 96.4 cm³/mol. The minimum Gasteiger partial charge on any atom is -0.342 e. The number of carbonyl (C=O) groups excluding carboxylic acids is 3. The lowest BCUT2D eigenvalue weighted by molar-refractivity contribution is -0.136. The lowest BCUT2D eigenvalue weighted by atomic mass is 10.0. The topological polar surface area (TPSA) is 84.9 Å². The van der Waals surface area contributed by atoms with Crippen LogP contribution in [0.1, 0.15) is 48.2 Å². The summed E-state index contributed by atoms with van der Waals surface area (Å²) in [6.45, 7) is 4.98. The van der Waals surface area contributed by atoms with Gasteiger partial charge in [0.15, 0.2) is 0 Å². The second kappa shape index (κ2) is 8.33. The van der Waals surface area contributed by atoms with Crippen molar-refractivity contribution in [3.05, 3.63) is 34.9 Å². The molecular weight excluding hydrogens is 348 g/mol. The third-order valence-electron chi connectivity index (χ3n) is 4.54. The van der Waals surface area contributed by atoms with E-state index in [-0.39, 0.29) is 18.2 Å². The molecule has 1 aromatic rings. The summed E-state index contributed by atoms with van der Waals surface area (Å²) in [5.41, 5.74) is 2.03. The van der Waals surface area contributed by atoms with Crippen LogP contribution in [0.15, 0.2) is 18.2 Å². The van der Waals surface area contributed by atoms with Gasteiger partial charge in [0.2, 0.25) is 18.1 Å². The minimum absolute atomic E-state index is 0.214. The number of fused-ring (bicyclic) bond motifs is 1. The first-order chi connectivity index (χ1) is 13.0. The van der Waals surface area contributed by atoms with Gasteiger partial charge in [0.1, 0.15) is 6.04 Å². The van der Waals surface area contributed by atoms with Crippen LogP contribution in [0.5, 0.6) is 0 Å². The number of ether oxygens (including phenoxy) is 2. The molecule has 142 valence electrons. The summed E-state index contributed by atoms with van der Waals surface area (Å²) in [5, 5.41) is 2.30. The molecule has 1 atom stereocenters. The van der Waals surface area contributed by atoms with Crippen molar-refractivity contribution in [1.29, 1.82) is 0 Å². The molecule has 1 N–H and O–H groups in total. The molecule has 1 saturated heterocycles. The molecule has 7 heteroatoms. The molecule has 0 aliphatic carbocycles. The standard InChI is InChI=1S/C20H22N2O5/c1-3-26-18(27-4-2)11-8-13-6-5-7-14-15(13)12-22(20(14)25)16-9-10-17(23)21-19(16)24/h5-7,16,18H,3-4,9-10,12H2,1-2H3,(H,21,23,24). The van der Waals surface area contributed by atoms with Gasteiger partial charge >= 0.3 is 0 Å². The van der Waals surface area contributed by atoms with Gasteiger partial charge in [0.05, 0.1) is 0 Å². The summed E-state index contributed by atoms with van der Waals surface area (Å²) in [6.07, 6.45) is -0.0605. The van der Waals surface area contributed by atoms with Crippen molar-refractivity contribution in [2.24, 2.45) is 0 Å². The molecule has 1 aromatic carbocycles. The number of hydrogen-bond donors (Lipinski definition) is 1. The number of amides is 3. The van der Waals surface area contributed by atoms with Crippen molar-refractivity contribution in [2.75, 3.05) is 13.2 Å². The van der Waals surface area contributed by atoms with Gasteiger partial charge < -0.3 is 14.4 Å². The second-order valence-electron chi connectivity index (χ2n) is 6.24. The predicted octanol–water partition coefficient (Wildman–Crippen LogP) is 1.20. The Hall–Kier alpha value is -2.69. The van der Waals surface area contributed by atoms with Gasteiger partial charge in [-0.05, 0) is 43.9 Å². The van der Waals surface area contributed by atoms with Crippen LogP contribution in [0, 0.1) is 11.8 Å². The van der Waals surface area contributed by atoms with Crippen LogP contribution < -0.4 is 5.32 Å². The first kappa shape index (κ1) is 19.1. The van der Waals surface area contributed by atoms with E-state index in [9.17, 15) is 14.4 Å². The Morgan fingerprint density at radius 1 is 1.22 bits per heavy atom. The molecule has 27 heavy (non-hydrogen) atoms. The summed E-state index contributed by atoms with van der Waals surface area (Å²) in [7, 11) is 0. The summed E-state index contributed by atoms with van der Waals surface area (Å²) in [5.74, 6) is 5.05. The Morgan fingerprint density at radius 3 is 2.63 bits per heavy atom. The fourth-order valence-electron chi connectivity index (χ4n) is 3.27. The van der Waals surface area contributed by atoms with E-state index < -0.39 is 18.2 Å².